The molecule has 2 rings (SSSR count). The van der Waals surface area contributed by atoms with E-state index in [9.17, 15) is 4.79 Å². The van der Waals surface area contributed by atoms with Crippen LogP contribution in [0.15, 0.2) is 48.8 Å². The molecule has 4 heteroatoms. The molecule has 0 aliphatic heterocycles. The van der Waals surface area contributed by atoms with Gasteiger partial charge in [0.2, 0.25) is 5.91 Å². The van der Waals surface area contributed by atoms with Gasteiger partial charge < -0.3 is 10.2 Å². The Balaban J connectivity index is 2.06. The van der Waals surface area contributed by atoms with Crippen LogP contribution in [-0.2, 0) is 11.3 Å². The molecule has 0 bridgehead atoms. The van der Waals surface area contributed by atoms with Gasteiger partial charge >= 0.3 is 0 Å². The predicted molar refractivity (Wildman–Crippen MR) is 84.9 cm³/mol. The molecular formula is C17H21N3O. The highest BCUT2D eigenvalue weighted by Gasteiger charge is 2.07. The SMILES string of the molecule is CC(=O)N(C)Cc1cccc(NC(C)c2ccncc2)c1. The first-order valence-electron chi connectivity index (χ1n) is 7.03. The quantitative estimate of drug-likeness (QED) is 0.916. The molecule has 1 unspecified atom stereocenters. The van der Waals surface area contributed by atoms with E-state index in [2.05, 4.69) is 23.3 Å². The molecule has 4 nitrogen and oxygen atoms in total. The maximum Gasteiger partial charge on any atom is 0.219 e. The fraction of sp³-hybridized carbons (Fsp3) is 0.294. The third-order valence-electron chi connectivity index (χ3n) is 3.47. The lowest BCUT2D eigenvalue weighted by Crippen LogP contribution is -2.23. The summed E-state index contributed by atoms with van der Waals surface area (Å²) in [4.78, 5) is 17.0. The van der Waals surface area contributed by atoms with Crippen LogP contribution >= 0.6 is 0 Å². The molecule has 1 amide bonds. The number of rotatable bonds is 5. The molecule has 1 aromatic heterocycles. The zero-order valence-corrected chi connectivity index (χ0v) is 12.7. The topological polar surface area (TPSA) is 45.2 Å². The van der Waals surface area contributed by atoms with Crippen LogP contribution in [0.25, 0.3) is 0 Å². The van der Waals surface area contributed by atoms with Crippen LogP contribution in [0.1, 0.15) is 31.0 Å². The molecule has 0 aliphatic rings. The number of benzene rings is 1. The van der Waals surface area contributed by atoms with Crippen LogP contribution in [0.4, 0.5) is 5.69 Å². The Morgan fingerprint density at radius 1 is 1.29 bits per heavy atom. The standard InChI is InChI=1S/C17H21N3O/c1-13(16-7-9-18-10-8-16)19-17-6-4-5-15(11-17)12-20(3)14(2)21/h4-11,13,19H,12H2,1-3H3. The summed E-state index contributed by atoms with van der Waals surface area (Å²) in [6.45, 7) is 4.31. The van der Waals surface area contributed by atoms with Gasteiger partial charge in [0.1, 0.15) is 0 Å². The summed E-state index contributed by atoms with van der Waals surface area (Å²) in [6, 6.07) is 12.4. The Kier molecular flexibility index (Phi) is 4.93. The molecule has 1 atom stereocenters. The van der Waals surface area contributed by atoms with Gasteiger partial charge in [-0.2, -0.15) is 0 Å². The number of pyridine rings is 1. The van der Waals surface area contributed by atoms with Gasteiger partial charge in [-0.1, -0.05) is 12.1 Å². The van der Waals surface area contributed by atoms with E-state index in [-0.39, 0.29) is 11.9 Å². The highest BCUT2D eigenvalue weighted by molar-refractivity contribution is 5.72. The summed E-state index contributed by atoms with van der Waals surface area (Å²) in [5.41, 5.74) is 3.35. The number of amides is 1. The van der Waals surface area contributed by atoms with Crippen LogP contribution < -0.4 is 5.32 Å². The molecule has 110 valence electrons. The van der Waals surface area contributed by atoms with Gasteiger partial charge in [0.25, 0.3) is 0 Å². The van der Waals surface area contributed by atoms with E-state index in [0.29, 0.717) is 6.54 Å². The highest BCUT2D eigenvalue weighted by Crippen LogP contribution is 2.20. The van der Waals surface area contributed by atoms with Gasteiger partial charge in [-0.3, -0.25) is 9.78 Å². The Morgan fingerprint density at radius 2 is 2.00 bits per heavy atom. The Labute approximate surface area is 125 Å². The Morgan fingerprint density at radius 3 is 2.67 bits per heavy atom. The van der Waals surface area contributed by atoms with Crippen molar-refractivity contribution in [3.63, 3.8) is 0 Å². The van der Waals surface area contributed by atoms with E-state index < -0.39 is 0 Å². The number of aromatic nitrogens is 1. The number of hydrogen-bond donors (Lipinski definition) is 1. The fourth-order valence-corrected chi connectivity index (χ4v) is 2.13. The average molecular weight is 283 g/mol. The summed E-state index contributed by atoms with van der Waals surface area (Å²) in [6.07, 6.45) is 3.59. The fourth-order valence-electron chi connectivity index (χ4n) is 2.13. The van der Waals surface area contributed by atoms with Crippen LogP contribution in [0.5, 0.6) is 0 Å². The first-order valence-corrected chi connectivity index (χ1v) is 7.03. The molecule has 1 aromatic carbocycles. The minimum absolute atomic E-state index is 0.0681. The van der Waals surface area contributed by atoms with Crippen LogP contribution in [0.3, 0.4) is 0 Å². The summed E-state index contributed by atoms with van der Waals surface area (Å²) >= 11 is 0. The van der Waals surface area contributed by atoms with Crippen molar-refractivity contribution in [2.75, 3.05) is 12.4 Å². The maximum absolute atomic E-state index is 11.3. The van der Waals surface area contributed by atoms with E-state index in [4.69, 9.17) is 0 Å². The van der Waals surface area contributed by atoms with Crippen molar-refractivity contribution in [1.29, 1.82) is 0 Å². The zero-order chi connectivity index (χ0) is 15.2. The van der Waals surface area contributed by atoms with Crippen molar-refractivity contribution in [1.82, 2.24) is 9.88 Å². The lowest BCUT2D eigenvalue weighted by atomic mass is 10.1. The number of anilines is 1. The molecule has 0 aliphatic carbocycles. The van der Waals surface area contributed by atoms with E-state index >= 15 is 0 Å². The summed E-state index contributed by atoms with van der Waals surface area (Å²) in [5, 5.41) is 3.47. The Hall–Kier alpha value is -2.36. The number of hydrogen-bond acceptors (Lipinski definition) is 3. The second-order valence-corrected chi connectivity index (χ2v) is 5.22. The molecule has 0 spiro atoms. The van der Waals surface area contributed by atoms with Gasteiger partial charge in [0, 0.05) is 44.6 Å². The van der Waals surface area contributed by atoms with Crippen molar-refractivity contribution in [2.45, 2.75) is 26.4 Å². The molecule has 0 saturated carbocycles. The third-order valence-corrected chi connectivity index (χ3v) is 3.47. The first-order chi connectivity index (χ1) is 10.1. The average Bonchev–Trinajstić information content (AvgIpc) is 2.48. The van der Waals surface area contributed by atoms with Crippen molar-refractivity contribution in [3.8, 4) is 0 Å². The second-order valence-electron chi connectivity index (χ2n) is 5.22. The first kappa shape index (κ1) is 15.0. The van der Waals surface area contributed by atoms with Gasteiger partial charge in [-0.15, -0.1) is 0 Å². The minimum Gasteiger partial charge on any atom is -0.379 e. The predicted octanol–water partition coefficient (Wildman–Crippen LogP) is 3.23. The largest absolute Gasteiger partial charge is 0.379 e. The summed E-state index contributed by atoms with van der Waals surface area (Å²) < 4.78 is 0. The maximum atomic E-state index is 11.3. The number of nitrogens with zero attached hydrogens (tertiary/aromatic N) is 2. The number of carbonyl (C=O) groups is 1. The van der Waals surface area contributed by atoms with Crippen LogP contribution in [0.2, 0.25) is 0 Å². The lowest BCUT2D eigenvalue weighted by molar-refractivity contribution is -0.128. The molecular weight excluding hydrogens is 262 g/mol. The molecule has 0 radical (unpaired) electrons. The van der Waals surface area contributed by atoms with E-state index in [1.807, 2.05) is 37.4 Å². The van der Waals surface area contributed by atoms with Gasteiger partial charge in [0.15, 0.2) is 0 Å². The molecule has 1 heterocycles. The molecule has 2 aromatic rings. The van der Waals surface area contributed by atoms with E-state index in [0.717, 1.165) is 11.3 Å². The zero-order valence-electron chi connectivity index (χ0n) is 12.7. The highest BCUT2D eigenvalue weighted by atomic mass is 16.2. The summed E-state index contributed by atoms with van der Waals surface area (Å²) in [5.74, 6) is 0.0681. The van der Waals surface area contributed by atoms with E-state index in [1.165, 1.54) is 5.56 Å². The number of carbonyl (C=O) groups excluding carboxylic acids is 1. The smallest absolute Gasteiger partial charge is 0.219 e. The van der Waals surface area contributed by atoms with Crippen LogP contribution in [0, 0.1) is 0 Å². The van der Waals surface area contributed by atoms with Gasteiger partial charge in [-0.05, 0) is 42.3 Å². The third kappa shape index (κ3) is 4.31. The molecule has 0 fully saturated rings. The van der Waals surface area contributed by atoms with Crippen LogP contribution in [-0.4, -0.2) is 22.8 Å². The van der Waals surface area contributed by atoms with E-state index in [1.54, 1.807) is 24.2 Å². The van der Waals surface area contributed by atoms with Crippen molar-refractivity contribution >= 4 is 11.6 Å². The monoisotopic (exact) mass is 283 g/mol. The molecule has 1 N–H and O–H groups in total. The molecule has 0 saturated heterocycles. The molecule has 21 heavy (non-hydrogen) atoms. The minimum atomic E-state index is 0.0681. The summed E-state index contributed by atoms with van der Waals surface area (Å²) in [7, 11) is 1.81. The van der Waals surface area contributed by atoms with Gasteiger partial charge in [0.05, 0.1) is 0 Å². The van der Waals surface area contributed by atoms with Crippen molar-refractivity contribution in [3.05, 3.63) is 59.9 Å². The Bertz CT molecular complexity index is 598. The second kappa shape index (κ2) is 6.88. The normalized spacial score (nSPS) is 11.8. The van der Waals surface area contributed by atoms with Crippen molar-refractivity contribution < 1.29 is 4.79 Å². The van der Waals surface area contributed by atoms with Gasteiger partial charge in [-0.25, -0.2) is 0 Å². The van der Waals surface area contributed by atoms with Crippen molar-refractivity contribution in [2.24, 2.45) is 0 Å². The number of nitrogens with one attached hydrogen (secondary N) is 1. The lowest BCUT2D eigenvalue weighted by Gasteiger charge is -2.18.